The Balaban J connectivity index is 2.31. The quantitative estimate of drug-likeness (QED) is 0.607. The van der Waals surface area contributed by atoms with E-state index in [1.165, 1.54) is 0 Å². The van der Waals surface area contributed by atoms with Crippen LogP contribution in [0.2, 0.25) is 0 Å². The largest absolute Gasteiger partial charge is 0.496 e. The van der Waals surface area contributed by atoms with Gasteiger partial charge in [0, 0.05) is 11.1 Å². The van der Waals surface area contributed by atoms with Crippen molar-refractivity contribution in [2.24, 2.45) is 0 Å². The van der Waals surface area contributed by atoms with E-state index >= 15 is 0 Å². The summed E-state index contributed by atoms with van der Waals surface area (Å²) in [5, 5.41) is 0. The molecule has 96 valence electrons. The van der Waals surface area contributed by atoms with Crippen molar-refractivity contribution in [3.63, 3.8) is 0 Å². The van der Waals surface area contributed by atoms with Gasteiger partial charge in [0.05, 0.1) is 7.11 Å². The van der Waals surface area contributed by atoms with Crippen LogP contribution in [0.5, 0.6) is 5.75 Å². The summed E-state index contributed by atoms with van der Waals surface area (Å²) in [7, 11) is 1.63. The second kappa shape index (κ2) is 6.01. The molecule has 0 atom stereocenters. The maximum Gasteiger partial charge on any atom is 0.186 e. The van der Waals surface area contributed by atoms with E-state index in [9.17, 15) is 4.79 Å². The summed E-state index contributed by atoms with van der Waals surface area (Å²) in [6.07, 6.45) is 1.65. The number of benzene rings is 2. The zero-order valence-corrected chi connectivity index (χ0v) is 11.1. The second-order valence-corrected chi connectivity index (χ2v) is 4.26. The number of ketones is 1. The van der Waals surface area contributed by atoms with Crippen LogP contribution >= 0.6 is 0 Å². The zero-order chi connectivity index (χ0) is 13.7. The van der Waals surface area contributed by atoms with Crippen LogP contribution in [0.1, 0.15) is 22.8 Å². The van der Waals surface area contributed by atoms with Crippen molar-refractivity contribution < 1.29 is 9.53 Å². The molecule has 0 heterocycles. The number of hydrogen-bond donors (Lipinski definition) is 0. The van der Waals surface area contributed by atoms with Gasteiger partial charge >= 0.3 is 0 Å². The SMILES string of the molecule is COc1ccccc1C(C)=CC(=O)c1ccccc1. The predicted molar refractivity (Wildman–Crippen MR) is 77.4 cm³/mol. The molecule has 19 heavy (non-hydrogen) atoms. The van der Waals surface area contributed by atoms with Gasteiger partial charge in [-0.3, -0.25) is 4.79 Å². The zero-order valence-electron chi connectivity index (χ0n) is 11.1. The topological polar surface area (TPSA) is 26.3 Å². The minimum absolute atomic E-state index is 0.00371. The normalized spacial score (nSPS) is 11.2. The predicted octanol–water partition coefficient (Wildman–Crippen LogP) is 3.98. The summed E-state index contributed by atoms with van der Waals surface area (Å²) >= 11 is 0. The van der Waals surface area contributed by atoms with E-state index in [1.807, 2.05) is 61.5 Å². The van der Waals surface area contributed by atoms with Crippen molar-refractivity contribution in [3.8, 4) is 5.75 Å². The number of rotatable bonds is 4. The van der Waals surface area contributed by atoms with Crippen LogP contribution in [0.25, 0.3) is 5.57 Å². The van der Waals surface area contributed by atoms with E-state index in [0.29, 0.717) is 5.56 Å². The van der Waals surface area contributed by atoms with Crippen LogP contribution in [-0.2, 0) is 0 Å². The molecule has 0 saturated carbocycles. The number of allylic oxidation sites excluding steroid dienone is 2. The average molecular weight is 252 g/mol. The standard InChI is InChI=1S/C17H16O2/c1-13(15-10-6-7-11-17(15)19-2)12-16(18)14-8-4-3-5-9-14/h3-12H,1-2H3. The fourth-order valence-electron chi connectivity index (χ4n) is 1.93. The van der Waals surface area contributed by atoms with Crippen LogP contribution in [0.3, 0.4) is 0 Å². The summed E-state index contributed by atoms with van der Waals surface area (Å²) in [4.78, 5) is 12.1. The van der Waals surface area contributed by atoms with Gasteiger partial charge in [-0.15, -0.1) is 0 Å². The number of hydrogen-bond acceptors (Lipinski definition) is 2. The molecule has 0 amide bonds. The summed E-state index contributed by atoms with van der Waals surface area (Å²) in [6.45, 7) is 1.92. The first-order valence-electron chi connectivity index (χ1n) is 6.13. The van der Waals surface area contributed by atoms with Crippen molar-refractivity contribution in [2.45, 2.75) is 6.92 Å². The smallest absolute Gasteiger partial charge is 0.186 e. The molecule has 0 aliphatic heterocycles. The molecule has 0 aliphatic rings. The van der Waals surface area contributed by atoms with Crippen molar-refractivity contribution in [2.75, 3.05) is 7.11 Å². The monoisotopic (exact) mass is 252 g/mol. The lowest BCUT2D eigenvalue weighted by atomic mass is 10.0. The Labute approximate surface area is 113 Å². The van der Waals surface area contributed by atoms with Gasteiger partial charge in [-0.05, 0) is 24.6 Å². The molecule has 2 aromatic rings. The molecule has 2 heteroatoms. The van der Waals surface area contributed by atoms with Gasteiger partial charge < -0.3 is 4.74 Å². The molecule has 0 aliphatic carbocycles. The maximum absolute atomic E-state index is 12.1. The highest BCUT2D eigenvalue weighted by atomic mass is 16.5. The highest BCUT2D eigenvalue weighted by Gasteiger charge is 2.07. The van der Waals surface area contributed by atoms with Crippen LogP contribution < -0.4 is 4.74 Å². The molecule has 0 unspecified atom stereocenters. The van der Waals surface area contributed by atoms with Gasteiger partial charge in [0.1, 0.15) is 5.75 Å². The molecule has 0 spiro atoms. The maximum atomic E-state index is 12.1. The molecule has 0 aromatic heterocycles. The Hall–Kier alpha value is -2.35. The van der Waals surface area contributed by atoms with Gasteiger partial charge in [0.2, 0.25) is 0 Å². The fraction of sp³-hybridized carbons (Fsp3) is 0.118. The lowest BCUT2D eigenvalue weighted by Gasteiger charge is -2.08. The molecule has 2 aromatic carbocycles. The Morgan fingerprint density at radius 1 is 1.00 bits per heavy atom. The van der Waals surface area contributed by atoms with Gasteiger partial charge in [0.25, 0.3) is 0 Å². The van der Waals surface area contributed by atoms with Crippen molar-refractivity contribution in [1.82, 2.24) is 0 Å². The van der Waals surface area contributed by atoms with Crippen molar-refractivity contribution in [3.05, 3.63) is 71.8 Å². The first-order chi connectivity index (χ1) is 9.22. The van der Waals surface area contributed by atoms with Crippen molar-refractivity contribution in [1.29, 1.82) is 0 Å². The Morgan fingerprint density at radius 2 is 1.63 bits per heavy atom. The highest BCUT2D eigenvalue weighted by Crippen LogP contribution is 2.25. The van der Waals surface area contributed by atoms with Crippen LogP contribution in [0.4, 0.5) is 0 Å². The average Bonchev–Trinajstić information content (AvgIpc) is 2.48. The third kappa shape index (κ3) is 3.10. The van der Waals surface area contributed by atoms with Crippen LogP contribution in [0, 0.1) is 0 Å². The molecule has 0 saturated heterocycles. The lowest BCUT2D eigenvalue weighted by Crippen LogP contribution is -1.96. The Kier molecular flexibility index (Phi) is 4.14. The molecular weight excluding hydrogens is 236 g/mol. The lowest BCUT2D eigenvalue weighted by molar-refractivity contribution is 0.104. The third-order valence-electron chi connectivity index (χ3n) is 2.94. The number of para-hydroxylation sites is 1. The minimum Gasteiger partial charge on any atom is -0.496 e. The fourth-order valence-corrected chi connectivity index (χ4v) is 1.93. The van der Waals surface area contributed by atoms with Gasteiger partial charge in [-0.2, -0.15) is 0 Å². The van der Waals surface area contributed by atoms with Crippen LogP contribution in [-0.4, -0.2) is 12.9 Å². The van der Waals surface area contributed by atoms with E-state index in [1.54, 1.807) is 13.2 Å². The van der Waals surface area contributed by atoms with Crippen molar-refractivity contribution >= 4 is 11.4 Å². The van der Waals surface area contributed by atoms with E-state index in [0.717, 1.165) is 16.9 Å². The minimum atomic E-state index is 0.00371. The summed E-state index contributed by atoms with van der Waals surface area (Å²) < 4.78 is 5.30. The number of carbonyl (C=O) groups is 1. The Morgan fingerprint density at radius 3 is 2.32 bits per heavy atom. The number of methoxy groups -OCH3 is 1. The van der Waals surface area contributed by atoms with E-state index in [2.05, 4.69) is 0 Å². The molecule has 0 bridgehead atoms. The number of ether oxygens (including phenoxy) is 1. The molecule has 0 radical (unpaired) electrons. The van der Waals surface area contributed by atoms with Gasteiger partial charge in [0.15, 0.2) is 5.78 Å². The Bertz CT molecular complexity index is 598. The molecular formula is C17H16O2. The highest BCUT2D eigenvalue weighted by molar-refractivity contribution is 6.08. The third-order valence-corrected chi connectivity index (χ3v) is 2.94. The molecule has 0 N–H and O–H groups in total. The summed E-state index contributed by atoms with van der Waals surface area (Å²) in [5.74, 6) is 0.779. The summed E-state index contributed by atoms with van der Waals surface area (Å²) in [6, 6.07) is 16.9. The first-order valence-corrected chi connectivity index (χ1v) is 6.13. The second-order valence-electron chi connectivity index (χ2n) is 4.26. The van der Waals surface area contributed by atoms with Crippen LogP contribution in [0.15, 0.2) is 60.7 Å². The van der Waals surface area contributed by atoms with Gasteiger partial charge in [-0.25, -0.2) is 0 Å². The number of carbonyl (C=O) groups excluding carboxylic acids is 1. The van der Waals surface area contributed by atoms with E-state index < -0.39 is 0 Å². The van der Waals surface area contributed by atoms with E-state index in [-0.39, 0.29) is 5.78 Å². The first kappa shape index (κ1) is 13.1. The molecule has 2 nitrogen and oxygen atoms in total. The van der Waals surface area contributed by atoms with Gasteiger partial charge in [-0.1, -0.05) is 48.5 Å². The van der Waals surface area contributed by atoms with E-state index in [4.69, 9.17) is 4.74 Å². The molecule has 0 fully saturated rings. The molecule has 2 rings (SSSR count). The summed E-state index contributed by atoms with van der Waals surface area (Å²) in [5.41, 5.74) is 2.53.